The first-order valence-corrected chi connectivity index (χ1v) is 6.55. The minimum atomic E-state index is -0.381. The van der Waals surface area contributed by atoms with Gasteiger partial charge in [0.05, 0.1) is 0 Å². The fourth-order valence-corrected chi connectivity index (χ4v) is 3.09. The second-order valence-corrected chi connectivity index (χ2v) is 6.27. The third-order valence-electron chi connectivity index (χ3n) is 3.90. The maximum atomic E-state index is 13.5. The Morgan fingerprint density at radius 1 is 1.28 bits per heavy atom. The van der Waals surface area contributed by atoms with Crippen molar-refractivity contribution >= 4 is 0 Å². The van der Waals surface area contributed by atoms with Crippen LogP contribution in [0.4, 0.5) is 8.78 Å². The molecule has 100 valence electrons. The van der Waals surface area contributed by atoms with Crippen molar-refractivity contribution in [1.29, 1.82) is 0 Å². The van der Waals surface area contributed by atoms with Gasteiger partial charge in [-0.1, -0.05) is 20.8 Å². The zero-order valence-electron chi connectivity index (χ0n) is 11.3. The fourth-order valence-electron chi connectivity index (χ4n) is 3.09. The van der Waals surface area contributed by atoms with Gasteiger partial charge in [-0.2, -0.15) is 0 Å². The molecule has 2 atom stereocenters. The lowest BCUT2D eigenvalue weighted by molar-refractivity contribution is 0.361. The highest BCUT2D eigenvalue weighted by Crippen LogP contribution is 2.40. The van der Waals surface area contributed by atoms with Gasteiger partial charge in [-0.15, -0.1) is 0 Å². The van der Waals surface area contributed by atoms with Crippen LogP contribution >= 0.6 is 0 Å². The predicted molar refractivity (Wildman–Crippen MR) is 69.2 cm³/mol. The molecule has 1 N–H and O–H groups in total. The maximum Gasteiger partial charge on any atom is 0.127 e. The topological polar surface area (TPSA) is 12.0 Å². The van der Waals surface area contributed by atoms with Gasteiger partial charge in [0.2, 0.25) is 0 Å². The van der Waals surface area contributed by atoms with Crippen LogP contribution in [-0.2, 0) is 6.54 Å². The highest BCUT2D eigenvalue weighted by molar-refractivity contribution is 5.18. The molecule has 1 nitrogen and oxygen atoms in total. The number of rotatable bonds is 3. The Bertz CT molecular complexity index is 429. The molecule has 0 heterocycles. The van der Waals surface area contributed by atoms with Crippen LogP contribution in [0.15, 0.2) is 18.2 Å². The van der Waals surface area contributed by atoms with E-state index in [2.05, 4.69) is 26.1 Å². The Morgan fingerprint density at radius 3 is 2.61 bits per heavy atom. The molecule has 0 spiro atoms. The Hall–Kier alpha value is -0.960. The number of benzene rings is 1. The lowest BCUT2D eigenvalue weighted by Gasteiger charge is -2.18. The summed E-state index contributed by atoms with van der Waals surface area (Å²) >= 11 is 0. The van der Waals surface area contributed by atoms with E-state index in [9.17, 15) is 8.78 Å². The van der Waals surface area contributed by atoms with Crippen molar-refractivity contribution in [3.8, 4) is 0 Å². The summed E-state index contributed by atoms with van der Waals surface area (Å²) in [5, 5.41) is 3.36. The van der Waals surface area contributed by atoms with E-state index < -0.39 is 0 Å². The van der Waals surface area contributed by atoms with Gasteiger partial charge in [-0.3, -0.25) is 0 Å². The van der Waals surface area contributed by atoms with Gasteiger partial charge in [0.15, 0.2) is 0 Å². The largest absolute Gasteiger partial charge is 0.310 e. The van der Waals surface area contributed by atoms with Crippen LogP contribution in [0, 0.1) is 23.0 Å². The quantitative estimate of drug-likeness (QED) is 0.862. The molecule has 1 aliphatic carbocycles. The minimum absolute atomic E-state index is 0.339. The summed E-state index contributed by atoms with van der Waals surface area (Å²) in [7, 11) is 0. The van der Waals surface area contributed by atoms with Gasteiger partial charge in [-0.25, -0.2) is 8.78 Å². The monoisotopic (exact) mass is 253 g/mol. The molecule has 0 bridgehead atoms. The van der Waals surface area contributed by atoms with Crippen molar-refractivity contribution in [2.75, 3.05) is 0 Å². The third kappa shape index (κ3) is 3.08. The molecule has 0 amide bonds. The molecule has 1 aliphatic rings. The number of hydrogen-bond donors (Lipinski definition) is 1. The van der Waals surface area contributed by atoms with Crippen molar-refractivity contribution in [3.63, 3.8) is 0 Å². The molecule has 1 aromatic carbocycles. The molecular weight excluding hydrogens is 232 g/mol. The maximum absolute atomic E-state index is 13.5. The van der Waals surface area contributed by atoms with E-state index in [1.807, 2.05) is 0 Å². The Kier molecular flexibility index (Phi) is 3.71. The van der Waals surface area contributed by atoms with Crippen LogP contribution in [0.5, 0.6) is 0 Å². The molecule has 0 saturated heterocycles. The van der Waals surface area contributed by atoms with E-state index in [0.29, 0.717) is 29.5 Å². The normalized spacial score (nSPS) is 26.5. The van der Waals surface area contributed by atoms with Crippen molar-refractivity contribution < 1.29 is 8.78 Å². The summed E-state index contributed by atoms with van der Waals surface area (Å²) in [6.07, 6.45) is 2.27. The fraction of sp³-hybridized carbons (Fsp3) is 0.600. The van der Waals surface area contributed by atoms with Gasteiger partial charge in [-0.05, 0) is 42.4 Å². The molecule has 0 aromatic heterocycles. The van der Waals surface area contributed by atoms with E-state index in [1.54, 1.807) is 0 Å². The Balaban J connectivity index is 1.98. The Morgan fingerprint density at radius 2 is 2.00 bits per heavy atom. The summed E-state index contributed by atoms with van der Waals surface area (Å²) < 4.78 is 26.5. The van der Waals surface area contributed by atoms with Crippen LogP contribution < -0.4 is 5.32 Å². The highest BCUT2D eigenvalue weighted by Gasteiger charge is 2.36. The predicted octanol–water partition coefficient (Wildman–Crippen LogP) is 3.88. The van der Waals surface area contributed by atoms with Crippen LogP contribution in [-0.4, -0.2) is 6.04 Å². The second kappa shape index (κ2) is 4.96. The molecule has 1 saturated carbocycles. The van der Waals surface area contributed by atoms with Crippen molar-refractivity contribution in [2.24, 2.45) is 11.3 Å². The van der Waals surface area contributed by atoms with Gasteiger partial charge in [0.1, 0.15) is 11.6 Å². The third-order valence-corrected chi connectivity index (χ3v) is 3.90. The van der Waals surface area contributed by atoms with Gasteiger partial charge in [0.25, 0.3) is 0 Å². The first-order valence-electron chi connectivity index (χ1n) is 6.55. The van der Waals surface area contributed by atoms with E-state index in [1.165, 1.54) is 18.6 Å². The van der Waals surface area contributed by atoms with Crippen LogP contribution in [0.25, 0.3) is 0 Å². The first kappa shape index (κ1) is 13.5. The average Bonchev–Trinajstić information content (AvgIpc) is 2.53. The van der Waals surface area contributed by atoms with Crippen molar-refractivity contribution in [1.82, 2.24) is 5.32 Å². The SMILES string of the molecule is CC1CC(C)(C)CC1NCc1cc(F)ccc1F. The van der Waals surface area contributed by atoms with E-state index in [-0.39, 0.29) is 11.6 Å². The lowest BCUT2D eigenvalue weighted by Crippen LogP contribution is -2.31. The molecule has 2 unspecified atom stereocenters. The summed E-state index contributed by atoms with van der Waals surface area (Å²) in [6.45, 7) is 7.13. The molecule has 1 aromatic rings. The molecule has 0 aliphatic heterocycles. The van der Waals surface area contributed by atoms with E-state index >= 15 is 0 Å². The van der Waals surface area contributed by atoms with Gasteiger partial charge >= 0.3 is 0 Å². The van der Waals surface area contributed by atoms with Crippen LogP contribution in [0.1, 0.15) is 39.2 Å². The average molecular weight is 253 g/mol. The van der Waals surface area contributed by atoms with Crippen LogP contribution in [0.2, 0.25) is 0 Å². The molecule has 18 heavy (non-hydrogen) atoms. The summed E-state index contributed by atoms with van der Waals surface area (Å²) in [6, 6.07) is 4.00. The molecule has 2 rings (SSSR count). The molecule has 3 heteroatoms. The first-order chi connectivity index (χ1) is 8.37. The highest BCUT2D eigenvalue weighted by atomic mass is 19.1. The molecule has 0 radical (unpaired) electrons. The minimum Gasteiger partial charge on any atom is -0.310 e. The smallest absolute Gasteiger partial charge is 0.127 e. The second-order valence-electron chi connectivity index (χ2n) is 6.27. The molecular formula is C15H21F2N. The zero-order chi connectivity index (χ0) is 13.3. The van der Waals surface area contributed by atoms with E-state index in [4.69, 9.17) is 0 Å². The molecule has 1 fully saturated rings. The summed E-state index contributed by atoms with van der Waals surface area (Å²) in [5.41, 5.74) is 0.754. The number of halogens is 2. The van der Waals surface area contributed by atoms with Gasteiger partial charge < -0.3 is 5.32 Å². The van der Waals surface area contributed by atoms with E-state index in [0.717, 1.165) is 12.5 Å². The standard InChI is InChI=1S/C15H21F2N/c1-10-7-15(2,3)8-14(10)18-9-11-6-12(16)4-5-13(11)17/h4-6,10,14,18H,7-9H2,1-3H3. The van der Waals surface area contributed by atoms with Gasteiger partial charge in [0, 0.05) is 18.2 Å². The zero-order valence-corrected chi connectivity index (χ0v) is 11.3. The summed E-state index contributed by atoms with van der Waals surface area (Å²) in [4.78, 5) is 0. The van der Waals surface area contributed by atoms with Crippen molar-refractivity contribution in [2.45, 2.75) is 46.2 Å². The van der Waals surface area contributed by atoms with Crippen molar-refractivity contribution in [3.05, 3.63) is 35.4 Å². The Labute approximate surface area is 108 Å². The lowest BCUT2D eigenvalue weighted by atomic mass is 9.91. The van der Waals surface area contributed by atoms with Crippen LogP contribution in [0.3, 0.4) is 0 Å². The summed E-state index contributed by atoms with van der Waals surface area (Å²) in [5.74, 6) is -0.140. The number of nitrogens with one attached hydrogen (secondary N) is 1. The number of hydrogen-bond acceptors (Lipinski definition) is 1.